The number of amides is 2. The van der Waals surface area contributed by atoms with E-state index in [2.05, 4.69) is 15.6 Å². The van der Waals surface area contributed by atoms with Crippen LogP contribution >= 0.6 is 0 Å². The summed E-state index contributed by atoms with van der Waals surface area (Å²) >= 11 is 0. The standard InChI is InChI=1S/C19H17F2N3O5/c1-2-27-16-9-12(7-8-15(16)29-19(20)21)18(26)24-23-17(25)11-28-14-6-4-3-5-13(14)10-22/h3-9,19H,2,11H2,1H3,(H,23,25)(H,24,26). The van der Waals surface area contributed by atoms with Gasteiger partial charge in [0.2, 0.25) is 0 Å². The van der Waals surface area contributed by atoms with Crippen molar-refractivity contribution in [3.05, 3.63) is 53.6 Å². The van der Waals surface area contributed by atoms with Crippen molar-refractivity contribution >= 4 is 11.8 Å². The van der Waals surface area contributed by atoms with Gasteiger partial charge in [-0.15, -0.1) is 0 Å². The first kappa shape index (κ1) is 21.4. The lowest BCUT2D eigenvalue weighted by Crippen LogP contribution is -2.43. The number of carbonyl (C=O) groups excluding carboxylic acids is 2. The summed E-state index contributed by atoms with van der Waals surface area (Å²) in [7, 11) is 0. The summed E-state index contributed by atoms with van der Waals surface area (Å²) in [5.41, 5.74) is 4.62. The van der Waals surface area contributed by atoms with Gasteiger partial charge in [-0.05, 0) is 37.3 Å². The van der Waals surface area contributed by atoms with Gasteiger partial charge in [-0.25, -0.2) is 0 Å². The lowest BCUT2D eigenvalue weighted by molar-refractivity contribution is -0.123. The van der Waals surface area contributed by atoms with E-state index in [-0.39, 0.29) is 35.0 Å². The molecule has 0 aromatic heterocycles. The molecule has 2 N–H and O–H groups in total. The Morgan fingerprint density at radius 2 is 1.83 bits per heavy atom. The van der Waals surface area contributed by atoms with Crippen molar-refractivity contribution in [2.45, 2.75) is 13.5 Å². The molecule has 0 heterocycles. The second-order valence-corrected chi connectivity index (χ2v) is 5.37. The van der Waals surface area contributed by atoms with Gasteiger partial charge < -0.3 is 14.2 Å². The predicted molar refractivity (Wildman–Crippen MR) is 96.5 cm³/mol. The van der Waals surface area contributed by atoms with Gasteiger partial charge >= 0.3 is 6.61 Å². The molecule has 0 aliphatic carbocycles. The highest BCUT2D eigenvalue weighted by molar-refractivity contribution is 5.96. The number of halogens is 2. The van der Waals surface area contributed by atoms with E-state index in [4.69, 9.17) is 14.7 Å². The molecule has 0 radical (unpaired) electrons. The number of hydrogen-bond acceptors (Lipinski definition) is 6. The van der Waals surface area contributed by atoms with Gasteiger partial charge in [-0.2, -0.15) is 14.0 Å². The van der Waals surface area contributed by atoms with E-state index in [1.54, 1.807) is 19.1 Å². The van der Waals surface area contributed by atoms with Gasteiger partial charge in [-0.3, -0.25) is 20.4 Å². The maximum atomic E-state index is 12.4. The third-order valence-electron chi connectivity index (χ3n) is 3.40. The van der Waals surface area contributed by atoms with Crippen molar-refractivity contribution in [3.63, 3.8) is 0 Å². The Bertz CT molecular complexity index is 915. The number of hydrogen-bond donors (Lipinski definition) is 2. The summed E-state index contributed by atoms with van der Waals surface area (Å²) in [4.78, 5) is 24.0. The van der Waals surface area contributed by atoms with Crippen molar-refractivity contribution in [1.29, 1.82) is 5.26 Å². The predicted octanol–water partition coefficient (Wildman–Crippen LogP) is 2.40. The van der Waals surface area contributed by atoms with Crippen molar-refractivity contribution in [1.82, 2.24) is 10.9 Å². The summed E-state index contributed by atoms with van der Waals surface area (Å²) in [6.07, 6.45) is 0. The van der Waals surface area contributed by atoms with Crippen LogP contribution in [0.1, 0.15) is 22.8 Å². The van der Waals surface area contributed by atoms with Gasteiger partial charge in [0.25, 0.3) is 11.8 Å². The second-order valence-electron chi connectivity index (χ2n) is 5.37. The first-order chi connectivity index (χ1) is 13.9. The largest absolute Gasteiger partial charge is 0.490 e. The minimum absolute atomic E-state index is 0.0387. The van der Waals surface area contributed by atoms with Gasteiger partial charge in [-0.1, -0.05) is 12.1 Å². The Labute approximate surface area is 165 Å². The van der Waals surface area contributed by atoms with E-state index in [0.29, 0.717) is 0 Å². The van der Waals surface area contributed by atoms with Crippen LogP contribution in [0.25, 0.3) is 0 Å². The Balaban J connectivity index is 1.93. The van der Waals surface area contributed by atoms with Crippen LogP contribution in [0.3, 0.4) is 0 Å². The molecule has 0 unspecified atom stereocenters. The number of rotatable bonds is 8. The van der Waals surface area contributed by atoms with Crippen LogP contribution in [-0.4, -0.2) is 31.6 Å². The second kappa shape index (κ2) is 10.5. The fourth-order valence-electron chi connectivity index (χ4n) is 2.17. The lowest BCUT2D eigenvalue weighted by Gasteiger charge is -2.13. The molecular formula is C19H17F2N3O5. The van der Waals surface area contributed by atoms with E-state index in [1.165, 1.54) is 24.3 Å². The summed E-state index contributed by atoms with van der Waals surface area (Å²) in [6.45, 7) is -1.67. The van der Waals surface area contributed by atoms with Crippen LogP contribution in [0.2, 0.25) is 0 Å². The van der Waals surface area contributed by atoms with E-state index in [1.807, 2.05) is 6.07 Å². The molecule has 0 saturated heterocycles. The number of carbonyl (C=O) groups is 2. The molecule has 0 bridgehead atoms. The zero-order chi connectivity index (χ0) is 21.2. The monoisotopic (exact) mass is 405 g/mol. The van der Waals surface area contributed by atoms with E-state index < -0.39 is 25.0 Å². The molecular weight excluding hydrogens is 388 g/mol. The highest BCUT2D eigenvalue weighted by Gasteiger charge is 2.15. The molecule has 2 aromatic rings. The van der Waals surface area contributed by atoms with Crippen LogP contribution in [0.4, 0.5) is 8.78 Å². The zero-order valence-corrected chi connectivity index (χ0v) is 15.3. The number of hydrazine groups is 1. The Morgan fingerprint density at radius 1 is 1.07 bits per heavy atom. The normalized spacial score (nSPS) is 10.0. The maximum absolute atomic E-state index is 12.4. The average molecular weight is 405 g/mol. The molecule has 29 heavy (non-hydrogen) atoms. The zero-order valence-electron chi connectivity index (χ0n) is 15.3. The maximum Gasteiger partial charge on any atom is 0.387 e. The van der Waals surface area contributed by atoms with E-state index >= 15 is 0 Å². The molecule has 0 spiro atoms. The molecule has 0 atom stereocenters. The van der Waals surface area contributed by atoms with Crippen LogP contribution < -0.4 is 25.1 Å². The molecule has 2 amide bonds. The number of nitriles is 1. The highest BCUT2D eigenvalue weighted by Crippen LogP contribution is 2.29. The van der Waals surface area contributed by atoms with Crippen molar-refractivity contribution in [3.8, 4) is 23.3 Å². The van der Waals surface area contributed by atoms with Crippen molar-refractivity contribution < 1.29 is 32.6 Å². The first-order valence-electron chi connectivity index (χ1n) is 8.37. The molecule has 2 aromatic carbocycles. The number of nitrogens with zero attached hydrogens (tertiary/aromatic N) is 1. The quantitative estimate of drug-likeness (QED) is 0.653. The number of nitrogens with one attached hydrogen (secondary N) is 2. The van der Waals surface area contributed by atoms with Crippen LogP contribution in [-0.2, 0) is 4.79 Å². The molecule has 8 nitrogen and oxygen atoms in total. The van der Waals surface area contributed by atoms with Gasteiger partial charge in [0, 0.05) is 5.56 Å². The van der Waals surface area contributed by atoms with Gasteiger partial charge in [0.05, 0.1) is 12.2 Å². The minimum atomic E-state index is -3.04. The third kappa shape index (κ3) is 6.35. The van der Waals surface area contributed by atoms with E-state index in [9.17, 15) is 18.4 Å². The summed E-state index contributed by atoms with van der Waals surface area (Å²) in [6, 6.07) is 11.9. The lowest BCUT2D eigenvalue weighted by atomic mass is 10.2. The smallest absolute Gasteiger partial charge is 0.387 e. The van der Waals surface area contributed by atoms with Crippen LogP contribution in [0.5, 0.6) is 17.2 Å². The Kier molecular flexibility index (Phi) is 7.73. The fraction of sp³-hybridized carbons (Fsp3) is 0.211. The summed E-state index contributed by atoms with van der Waals surface area (Å²) < 4.78 is 39.6. The molecule has 0 fully saturated rings. The molecule has 0 saturated carbocycles. The summed E-state index contributed by atoms with van der Waals surface area (Å²) in [5, 5.41) is 8.97. The van der Waals surface area contributed by atoms with Crippen molar-refractivity contribution in [2.24, 2.45) is 0 Å². The SMILES string of the molecule is CCOc1cc(C(=O)NNC(=O)COc2ccccc2C#N)ccc1OC(F)F. The third-order valence-corrected chi connectivity index (χ3v) is 3.40. The van der Waals surface area contributed by atoms with E-state index in [0.717, 1.165) is 6.07 Å². The topological polar surface area (TPSA) is 110 Å². The molecule has 2 rings (SSSR count). The first-order valence-corrected chi connectivity index (χ1v) is 8.37. The number of para-hydroxylation sites is 1. The molecule has 10 heteroatoms. The van der Waals surface area contributed by atoms with Gasteiger partial charge in [0.15, 0.2) is 18.1 Å². The van der Waals surface area contributed by atoms with Gasteiger partial charge in [0.1, 0.15) is 11.8 Å². The molecule has 152 valence electrons. The Hall–Kier alpha value is -3.87. The van der Waals surface area contributed by atoms with Crippen molar-refractivity contribution in [2.75, 3.05) is 13.2 Å². The number of alkyl halides is 2. The average Bonchev–Trinajstić information content (AvgIpc) is 2.71. The summed E-state index contributed by atoms with van der Waals surface area (Å²) in [5.74, 6) is -1.41. The minimum Gasteiger partial charge on any atom is -0.490 e. The molecule has 0 aliphatic heterocycles. The number of benzene rings is 2. The molecule has 0 aliphatic rings. The van der Waals surface area contributed by atoms with Crippen LogP contribution in [0.15, 0.2) is 42.5 Å². The number of ether oxygens (including phenoxy) is 3. The highest BCUT2D eigenvalue weighted by atomic mass is 19.3. The Morgan fingerprint density at radius 3 is 2.52 bits per heavy atom. The fourth-order valence-corrected chi connectivity index (χ4v) is 2.17. The van der Waals surface area contributed by atoms with Crippen LogP contribution in [0, 0.1) is 11.3 Å².